The van der Waals surface area contributed by atoms with E-state index in [9.17, 15) is 10.1 Å². The average molecular weight is 228 g/mol. The molecule has 2 aromatic rings. The molecule has 0 bridgehead atoms. The van der Waals surface area contributed by atoms with E-state index in [0.717, 1.165) is 0 Å². The first-order valence-electron chi connectivity index (χ1n) is 9.46. The number of rotatable bonds is 2. The summed E-state index contributed by atoms with van der Waals surface area (Å²) in [6.07, 6.45) is 0. The number of hydrogen-bond acceptors (Lipinski definition) is 3. The van der Waals surface area contributed by atoms with Crippen molar-refractivity contribution in [2.24, 2.45) is 0 Å². The van der Waals surface area contributed by atoms with E-state index in [-0.39, 0.29) is 0 Å². The maximum Gasteiger partial charge on any atom is 0.269 e. The predicted octanol–water partition coefficient (Wildman–Crippen LogP) is 2.40. The molecule has 0 atom stereocenters. The Hall–Kier alpha value is -2.17. The van der Waals surface area contributed by atoms with Gasteiger partial charge in [0.1, 0.15) is 0 Å². The number of nitro benzene ring substituents is 1. The van der Waals surface area contributed by atoms with Gasteiger partial charge in [-0.25, -0.2) is 4.68 Å². The number of benzene rings is 1. The predicted molar refractivity (Wildman–Crippen MR) is 59.7 cm³/mol. The molecular weight excluding hydrogens is 206 g/mol. The third kappa shape index (κ3) is 1.79. The third-order valence-electron chi connectivity index (χ3n) is 1.64. The van der Waals surface area contributed by atoms with Crippen LogP contribution in [0.5, 0.6) is 0 Å². The summed E-state index contributed by atoms with van der Waals surface area (Å²) in [6.45, 7) is -6.07. The van der Waals surface area contributed by atoms with Crippen molar-refractivity contribution in [1.82, 2.24) is 9.78 Å². The van der Waals surface area contributed by atoms with Crippen molar-refractivity contribution in [2.45, 2.75) is 13.7 Å². The Bertz CT molecular complexity index is 916. The molecule has 1 aromatic heterocycles. The van der Waals surface area contributed by atoms with Gasteiger partial charge in [0.25, 0.3) is 5.69 Å². The molecule has 0 aliphatic rings. The first-order valence-corrected chi connectivity index (χ1v) is 3.96. The molecule has 0 saturated carbocycles. The van der Waals surface area contributed by atoms with Crippen LogP contribution in [0, 0.1) is 23.8 Å². The minimum Gasteiger partial charge on any atom is -0.258 e. The van der Waals surface area contributed by atoms with Gasteiger partial charge in [-0.15, -0.1) is 0 Å². The fourth-order valence-electron chi connectivity index (χ4n) is 0.998. The van der Waals surface area contributed by atoms with Crippen molar-refractivity contribution in [2.75, 3.05) is 0 Å². The van der Waals surface area contributed by atoms with Crippen LogP contribution in [0.3, 0.4) is 0 Å². The summed E-state index contributed by atoms with van der Waals surface area (Å²) in [5, 5.41) is 14.5. The van der Waals surface area contributed by atoms with Crippen molar-refractivity contribution in [3.8, 4) is 5.69 Å². The molecule has 1 heterocycles. The minimum absolute atomic E-state index is 0.321. The van der Waals surface area contributed by atoms with E-state index in [1.807, 2.05) is 0 Å². The fourth-order valence-corrected chi connectivity index (χ4v) is 0.998. The van der Waals surface area contributed by atoms with Crippen LogP contribution in [-0.4, -0.2) is 14.7 Å². The molecule has 82 valence electrons. The highest BCUT2D eigenvalue weighted by Crippen LogP contribution is 2.16. The van der Waals surface area contributed by atoms with Crippen molar-refractivity contribution < 1.29 is 20.0 Å². The molecule has 0 fully saturated rings. The van der Waals surface area contributed by atoms with Crippen LogP contribution in [0.15, 0.2) is 30.2 Å². The first kappa shape index (κ1) is 3.41. The van der Waals surface area contributed by atoms with Crippen molar-refractivity contribution in [1.29, 1.82) is 0 Å². The Labute approximate surface area is 108 Å². The molecule has 2 rings (SSSR count). The van der Waals surface area contributed by atoms with E-state index in [1.54, 1.807) is 0 Å². The lowest BCUT2D eigenvalue weighted by molar-refractivity contribution is -0.384. The molecular formula is C11H11N3O2. The summed E-state index contributed by atoms with van der Waals surface area (Å²) >= 11 is 0. The Kier molecular flexibility index (Phi) is 0.804. The lowest BCUT2D eigenvalue weighted by Gasteiger charge is -2.03. The molecule has 16 heavy (non-hydrogen) atoms. The largest absolute Gasteiger partial charge is 0.269 e. The molecule has 0 aliphatic carbocycles. The van der Waals surface area contributed by atoms with Crippen LogP contribution < -0.4 is 0 Å². The number of hydrogen-bond donors (Lipinski definition) is 0. The van der Waals surface area contributed by atoms with Crippen molar-refractivity contribution >= 4 is 5.69 Å². The quantitative estimate of drug-likeness (QED) is 0.585. The molecule has 0 N–H and O–H groups in total. The van der Waals surface area contributed by atoms with E-state index in [2.05, 4.69) is 5.10 Å². The standard InChI is InChI=1S/C11H11N3O2/c1-8-7-9(2)13(12-8)10-3-5-11(6-4-10)14(15)16/h3-7H,1-2H3/i1D3,2D3,3D,4D,5D,6D,7D. The van der Waals surface area contributed by atoms with Crippen LogP contribution in [0.25, 0.3) is 5.69 Å². The minimum atomic E-state index is -3.08. The van der Waals surface area contributed by atoms with Crippen LogP contribution >= 0.6 is 0 Å². The van der Waals surface area contributed by atoms with Gasteiger partial charge in [0.05, 0.1) is 23.2 Å². The molecule has 0 saturated heterocycles. The molecule has 0 radical (unpaired) electrons. The Morgan fingerprint density at radius 1 is 1.44 bits per heavy atom. The van der Waals surface area contributed by atoms with Gasteiger partial charge in [0.15, 0.2) is 0 Å². The molecule has 5 nitrogen and oxygen atoms in total. The molecule has 0 amide bonds. The number of nitro groups is 1. The normalized spacial score (nSPS) is 21.9. The molecule has 0 spiro atoms. The summed E-state index contributed by atoms with van der Waals surface area (Å²) < 4.78 is 84.0. The summed E-state index contributed by atoms with van der Waals surface area (Å²) in [7, 11) is 0. The maximum absolute atomic E-state index is 11.0. The van der Waals surface area contributed by atoms with E-state index in [4.69, 9.17) is 15.1 Å². The van der Waals surface area contributed by atoms with Crippen molar-refractivity contribution in [3.63, 3.8) is 0 Å². The van der Waals surface area contributed by atoms with Crippen molar-refractivity contribution in [3.05, 3.63) is 51.7 Å². The summed E-state index contributed by atoms with van der Waals surface area (Å²) in [5.74, 6) is 0. The Morgan fingerprint density at radius 2 is 2.19 bits per heavy atom. The second kappa shape index (κ2) is 3.77. The summed E-state index contributed by atoms with van der Waals surface area (Å²) in [6, 6.07) is -5.08. The Balaban J connectivity index is 3.02. The number of aromatic nitrogens is 2. The first-order chi connectivity index (χ1) is 12.1. The average Bonchev–Trinajstić information content (AvgIpc) is 2.82. The second-order valence-electron chi connectivity index (χ2n) is 2.69. The van der Waals surface area contributed by atoms with Crippen LogP contribution in [0.1, 0.15) is 26.5 Å². The molecule has 0 unspecified atom stereocenters. The summed E-state index contributed by atoms with van der Waals surface area (Å²) in [5.41, 5.74) is -3.78. The highest BCUT2D eigenvalue weighted by molar-refractivity contribution is 5.41. The van der Waals surface area contributed by atoms with Gasteiger partial charge in [-0.2, -0.15) is 5.10 Å². The van der Waals surface area contributed by atoms with E-state index in [0.29, 0.717) is 4.68 Å². The zero-order valence-electron chi connectivity index (χ0n) is 18.7. The summed E-state index contributed by atoms with van der Waals surface area (Å²) in [4.78, 5) is 9.87. The highest BCUT2D eigenvalue weighted by atomic mass is 16.6. The monoisotopic (exact) mass is 228 g/mol. The van der Waals surface area contributed by atoms with E-state index in [1.165, 1.54) is 0 Å². The van der Waals surface area contributed by atoms with Crippen LogP contribution in [0.4, 0.5) is 5.69 Å². The topological polar surface area (TPSA) is 61.0 Å². The zero-order valence-corrected chi connectivity index (χ0v) is 7.66. The van der Waals surface area contributed by atoms with E-state index >= 15 is 0 Å². The third-order valence-corrected chi connectivity index (χ3v) is 1.64. The highest BCUT2D eigenvalue weighted by Gasteiger charge is 2.07. The lowest BCUT2D eigenvalue weighted by atomic mass is 10.3. The molecule has 5 heteroatoms. The SMILES string of the molecule is [2H]c1c([2H])c([N+](=O)[O-])c([2H])c([2H])c1-n1nc(C([2H])([2H])[2H])c([2H])c1C([2H])([2H])[2H]. The number of nitrogens with zero attached hydrogens (tertiary/aromatic N) is 3. The second-order valence-corrected chi connectivity index (χ2v) is 2.69. The van der Waals surface area contributed by atoms with Gasteiger partial charge in [0.2, 0.25) is 0 Å². The van der Waals surface area contributed by atoms with Crippen LogP contribution in [-0.2, 0) is 0 Å². The smallest absolute Gasteiger partial charge is 0.258 e. The van der Waals surface area contributed by atoms with Gasteiger partial charge >= 0.3 is 0 Å². The van der Waals surface area contributed by atoms with Gasteiger partial charge < -0.3 is 0 Å². The van der Waals surface area contributed by atoms with Gasteiger partial charge in [-0.3, -0.25) is 10.1 Å². The van der Waals surface area contributed by atoms with Gasteiger partial charge in [-0.1, -0.05) is 0 Å². The Morgan fingerprint density at radius 3 is 2.75 bits per heavy atom. The van der Waals surface area contributed by atoms with E-state index < -0.39 is 71.6 Å². The molecule has 0 aliphatic heterocycles. The molecule has 1 aromatic carbocycles. The van der Waals surface area contributed by atoms with Gasteiger partial charge in [-0.05, 0) is 31.8 Å². The maximum atomic E-state index is 11.0. The van der Waals surface area contributed by atoms with Gasteiger partial charge in [0, 0.05) is 26.0 Å². The van der Waals surface area contributed by atoms with Crippen LogP contribution in [0.2, 0.25) is 0 Å². The number of aryl methyl sites for hydroxylation is 1. The zero-order chi connectivity index (χ0) is 21.1. The lowest BCUT2D eigenvalue weighted by Crippen LogP contribution is -1.99. The fraction of sp³-hybridized carbons (Fsp3) is 0.182.